The molecule has 0 heterocycles. The third-order valence-electron chi connectivity index (χ3n) is 2.17. The van der Waals surface area contributed by atoms with Gasteiger partial charge in [-0.05, 0) is 41.8 Å². The number of aryl methyl sites for hydroxylation is 1. The summed E-state index contributed by atoms with van der Waals surface area (Å²) < 4.78 is 37.1. The second kappa shape index (κ2) is 6.90. The van der Waals surface area contributed by atoms with E-state index in [-0.39, 0.29) is 22.5 Å². The summed E-state index contributed by atoms with van der Waals surface area (Å²) in [4.78, 5) is 0.208. The molecule has 96 valence electrons. The normalized spacial score (nSPS) is 11.8. The minimum atomic E-state index is -4.27. The first-order valence-electron chi connectivity index (χ1n) is 4.96. The van der Waals surface area contributed by atoms with Crippen molar-refractivity contribution in [3.63, 3.8) is 0 Å². The number of hydrogen-bond acceptors (Lipinski definition) is 1. The number of hydrogen-bond donors (Lipinski definition) is 0. The lowest BCUT2D eigenvalue weighted by atomic mass is 10.0. The van der Waals surface area contributed by atoms with Crippen molar-refractivity contribution in [3.8, 4) is 0 Å². The van der Waals surface area contributed by atoms with Crippen molar-refractivity contribution in [1.29, 1.82) is 0 Å². The van der Waals surface area contributed by atoms with E-state index in [9.17, 15) is 13.2 Å². The van der Waals surface area contributed by atoms with Crippen LogP contribution >= 0.6 is 39.3 Å². The van der Waals surface area contributed by atoms with Crippen molar-refractivity contribution in [3.05, 3.63) is 29.3 Å². The molecule has 0 aromatic heterocycles. The highest BCUT2D eigenvalue weighted by Gasteiger charge is 2.30. The van der Waals surface area contributed by atoms with Gasteiger partial charge in [0.15, 0.2) is 0 Å². The van der Waals surface area contributed by atoms with Crippen LogP contribution in [0.15, 0.2) is 23.1 Å². The molecule has 0 aliphatic heterocycles. The molecule has 0 spiro atoms. The highest BCUT2D eigenvalue weighted by molar-refractivity contribution is 9.09. The minimum absolute atomic E-state index is 0.0966. The van der Waals surface area contributed by atoms with Gasteiger partial charge in [0, 0.05) is 16.1 Å². The van der Waals surface area contributed by atoms with Crippen molar-refractivity contribution < 1.29 is 13.2 Å². The number of alkyl halides is 5. The van der Waals surface area contributed by atoms with Crippen molar-refractivity contribution in [2.24, 2.45) is 0 Å². The number of halogens is 5. The first-order chi connectivity index (χ1) is 7.98. The van der Waals surface area contributed by atoms with Crippen molar-refractivity contribution in [1.82, 2.24) is 0 Å². The van der Waals surface area contributed by atoms with Crippen LogP contribution in [0.25, 0.3) is 0 Å². The molecule has 0 nitrogen and oxygen atoms in total. The smallest absolute Gasteiger partial charge is 0.160 e. The van der Waals surface area contributed by atoms with Crippen LogP contribution in [0.1, 0.15) is 17.5 Å². The summed E-state index contributed by atoms with van der Waals surface area (Å²) >= 11 is 8.96. The maximum absolute atomic E-state index is 12.4. The Bertz CT molecular complexity index is 368. The molecule has 0 saturated heterocycles. The zero-order valence-electron chi connectivity index (χ0n) is 8.86. The van der Waals surface area contributed by atoms with Crippen LogP contribution in [0.3, 0.4) is 0 Å². The molecule has 17 heavy (non-hydrogen) atoms. The van der Waals surface area contributed by atoms with Gasteiger partial charge in [-0.15, -0.1) is 11.6 Å². The van der Waals surface area contributed by atoms with E-state index < -0.39 is 5.51 Å². The molecule has 0 bridgehead atoms. The molecule has 0 aliphatic carbocycles. The van der Waals surface area contributed by atoms with Crippen LogP contribution < -0.4 is 0 Å². The van der Waals surface area contributed by atoms with Crippen LogP contribution in [0, 0.1) is 0 Å². The quantitative estimate of drug-likeness (QED) is 0.510. The summed E-state index contributed by atoms with van der Waals surface area (Å²) in [6.07, 6.45) is 1.61. The van der Waals surface area contributed by atoms with Gasteiger partial charge in [0.05, 0.1) is 0 Å². The number of benzene rings is 1. The molecule has 0 amide bonds. The summed E-state index contributed by atoms with van der Waals surface area (Å²) in [6, 6.07) is 4.95. The molecule has 0 fully saturated rings. The van der Waals surface area contributed by atoms with E-state index in [4.69, 9.17) is 11.6 Å². The fraction of sp³-hybridized carbons (Fsp3) is 0.455. The van der Waals surface area contributed by atoms with Gasteiger partial charge in [-0.25, -0.2) is 0 Å². The molecular formula is C11H11BrClF3S. The van der Waals surface area contributed by atoms with E-state index in [1.54, 1.807) is 6.07 Å². The Balaban J connectivity index is 2.97. The minimum Gasteiger partial charge on any atom is -0.160 e. The van der Waals surface area contributed by atoms with Crippen LogP contribution in [0.4, 0.5) is 13.2 Å². The highest BCUT2D eigenvalue weighted by Crippen LogP contribution is 2.39. The van der Waals surface area contributed by atoms with Gasteiger partial charge in [0.2, 0.25) is 0 Å². The highest BCUT2D eigenvalue weighted by atomic mass is 79.9. The van der Waals surface area contributed by atoms with E-state index >= 15 is 0 Å². The lowest BCUT2D eigenvalue weighted by Gasteiger charge is -2.13. The van der Waals surface area contributed by atoms with E-state index in [0.717, 1.165) is 23.7 Å². The molecule has 0 atom stereocenters. The Morgan fingerprint density at radius 3 is 2.53 bits per heavy atom. The predicted octanol–water partition coefficient (Wildman–Crippen LogP) is 5.36. The summed E-state index contributed by atoms with van der Waals surface area (Å²) in [7, 11) is 0. The fourth-order valence-electron chi connectivity index (χ4n) is 1.47. The molecule has 1 aromatic rings. The first kappa shape index (κ1) is 15.2. The molecule has 0 saturated carbocycles. The van der Waals surface area contributed by atoms with Crippen molar-refractivity contribution in [2.45, 2.75) is 29.1 Å². The lowest BCUT2D eigenvalue weighted by Crippen LogP contribution is -2.02. The van der Waals surface area contributed by atoms with Gasteiger partial charge in [-0.3, -0.25) is 0 Å². The van der Waals surface area contributed by atoms with Crippen molar-refractivity contribution in [2.75, 3.05) is 5.33 Å². The lowest BCUT2D eigenvalue weighted by molar-refractivity contribution is -0.0328. The summed E-state index contributed by atoms with van der Waals surface area (Å²) in [6.45, 7) is 0. The molecule has 0 unspecified atom stereocenters. The Morgan fingerprint density at radius 1 is 1.29 bits per heavy atom. The van der Waals surface area contributed by atoms with Crippen LogP contribution in [-0.2, 0) is 12.3 Å². The van der Waals surface area contributed by atoms with Crippen LogP contribution in [0.2, 0.25) is 0 Å². The average molecular weight is 348 g/mol. The second-order valence-electron chi connectivity index (χ2n) is 3.37. The Morgan fingerprint density at radius 2 is 2.00 bits per heavy atom. The Hall–Kier alpha value is 0.130. The third kappa shape index (κ3) is 5.10. The molecule has 1 aromatic carbocycles. The monoisotopic (exact) mass is 346 g/mol. The molecule has 0 radical (unpaired) electrons. The third-order valence-corrected chi connectivity index (χ3v) is 3.83. The summed E-state index contributed by atoms with van der Waals surface area (Å²) in [5.41, 5.74) is -2.78. The van der Waals surface area contributed by atoms with Gasteiger partial charge in [0.25, 0.3) is 0 Å². The first-order valence-corrected chi connectivity index (χ1v) is 7.43. The molecule has 0 N–H and O–H groups in total. The van der Waals surface area contributed by atoms with Crippen LogP contribution in [0.5, 0.6) is 0 Å². The maximum atomic E-state index is 12.4. The Kier molecular flexibility index (Phi) is 6.17. The topological polar surface area (TPSA) is 0 Å². The SMILES string of the molecule is FC(F)(F)Sc1cccc(CCCBr)c1CCl. The van der Waals surface area contributed by atoms with Crippen LogP contribution in [-0.4, -0.2) is 10.8 Å². The zero-order chi connectivity index (χ0) is 12.9. The van der Waals surface area contributed by atoms with Crippen molar-refractivity contribution >= 4 is 39.3 Å². The fourth-order valence-corrected chi connectivity index (χ4v) is 2.87. The van der Waals surface area contributed by atoms with E-state index in [2.05, 4.69) is 15.9 Å². The molecule has 6 heteroatoms. The summed E-state index contributed by atoms with van der Waals surface area (Å²) in [5, 5.41) is 0.825. The zero-order valence-corrected chi connectivity index (χ0v) is 12.0. The van der Waals surface area contributed by atoms with E-state index in [0.29, 0.717) is 5.56 Å². The van der Waals surface area contributed by atoms with Gasteiger partial charge < -0.3 is 0 Å². The Labute approximate surface area is 116 Å². The maximum Gasteiger partial charge on any atom is 0.446 e. The van der Waals surface area contributed by atoms with E-state index in [1.165, 1.54) is 6.07 Å². The average Bonchev–Trinajstić information content (AvgIpc) is 2.24. The molecule has 1 rings (SSSR count). The number of thioether (sulfide) groups is 1. The van der Waals surface area contributed by atoms with E-state index in [1.807, 2.05) is 6.07 Å². The summed E-state index contributed by atoms with van der Waals surface area (Å²) in [5.74, 6) is 0.108. The van der Waals surface area contributed by atoms with Gasteiger partial charge in [-0.2, -0.15) is 13.2 Å². The van der Waals surface area contributed by atoms with Gasteiger partial charge in [0.1, 0.15) is 0 Å². The standard InChI is InChI=1S/C11H11BrClF3S/c12-6-2-4-8-3-1-5-10(9(8)7-13)17-11(14,15)16/h1,3,5H,2,4,6-7H2. The van der Waals surface area contributed by atoms with Gasteiger partial charge in [-0.1, -0.05) is 28.1 Å². The second-order valence-corrected chi connectivity index (χ2v) is 5.53. The number of rotatable bonds is 5. The largest absolute Gasteiger partial charge is 0.446 e. The molecule has 0 aliphatic rings. The molecular weight excluding hydrogens is 337 g/mol. The predicted molar refractivity (Wildman–Crippen MR) is 70.0 cm³/mol. The van der Waals surface area contributed by atoms with Gasteiger partial charge >= 0.3 is 5.51 Å².